The summed E-state index contributed by atoms with van der Waals surface area (Å²) in [4.78, 5) is 13.8. The fraction of sp³-hybridized carbons (Fsp3) is 0.278. The molecule has 1 heterocycles. The number of amides is 1. The Morgan fingerprint density at radius 2 is 1.88 bits per heavy atom. The van der Waals surface area contributed by atoms with E-state index in [0.29, 0.717) is 13.0 Å². The number of carbonyl (C=O) groups is 1. The number of hydrogen-bond donors (Lipinski definition) is 1. The molecule has 1 aliphatic heterocycles. The van der Waals surface area contributed by atoms with E-state index in [9.17, 15) is 13.2 Å². The lowest BCUT2D eigenvalue weighted by Crippen LogP contribution is -2.26. The molecule has 0 atom stereocenters. The second-order valence-electron chi connectivity index (χ2n) is 5.91. The molecule has 0 saturated carbocycles. The van der Waals surface area contributed by atoms with Crippen LogP contribution >= 0.6 is 0 Å². The fourth-order valence-electron chi connectivity index (χ4n) is 2.86. The number of anilines is 1. The number of carbonyl (C=O) groups excluding carboxylic acids is 1. The summed E-state index contributed by atoms with van der Waals surface area (Å²) in [6.07, 6.45) is 1.40. The monoisotopic (exact) mass is 344 g/mol. The van der Waals surface area contributed by atoms with Crippen molar-refractivity contribution < 1.29 is 13.2 Å². The molecule has 1 saturated heterocycles. The van der Waals surface area contributed by atoms with Crippen LogP contribution in [0, 0.1) is 6.92 Å². The predicted octanol–water partition coefficient (Wildman–Crippen LogP) is 2.60. The van der Waals surface area contributed by atoms with Gasteiger partial charge < -0.3 is 4.90 Å². The molecule has 3 rings (SSSR count). The molecule has 0 unspecified atom stereocenters. The summed E-state index contributed by atoms with van der Waals surface area (Å²) in [7, 11) is -3.59. The van der Waals surface area contributed by atoms with E-state index in [4.69, 9.17) is 0 Å². The number of aryl methyl sites for hydroxylation is 1. The molecule has 6 heteroatoms. The van der Waals surface area contributed by atoms with Crippen molar-refractivity contribution in [2.24, 2.45) is 0 Å². The van der Waals surface area contributed by atoms with Crippen LogP contribution in [0.4, 0.5) is 5.69 Å². The molecule has 0 aliphatic carbocycles. The van der Waals surface area contributed by atoms with E-state index >= 15 is 0 Å². The van der Waals surface area contributed by atoms with Crippen LogP contribution in [0.15, 0.2) is 53.4 Å². The van der Waals surface area contributed by atoms with Crippen molar-refractivity contribution in [1.82, 2.24) is 4.72 Å². The van der Waals surface area contributed by atoms with Gasteiger partial charge in [0.15, 0.2) is 0 Å². The van der Waals surface area contributed by atoms with E-state index in [1.807, 2.05) is 37.3 Å². The molecule has 1 aliphatic rings. The first kappa shape index (κ1) is 16.7. The van der Waals surface area contributed by atoms with Crippen molar-refractivity contribution in [3.63, 3.8) is 0 Å². The van der Waals surface area contributed by atoms with Crippen LogP contribution < -0.4 is 9.62 Å². The third kappa shape index (κ3) is 3.49. The summed E-state index contributed by atoms with van der Waals surface area (Å²) in [5.41, 5.74) is 2.48. The SMILES string of the molecule is Cc1cc(S(=O)(=O)NCc2ccccc2)ccc1N1CCCC1=O. The zero-order valence-electron chi connectivity index (χ0n) is 13.5. The molecule has 0 aromatic heterocycles. The van der Waals surface area contributed by atoms with E-state index in [1.165, 1.54) is 0 Å². The molecule has 1 amide bonds. The van der Waals surface area contributed by atoms with Crippen molar-refractivity contribution in [3.05, 3.63) is 59.7 Å². The fourth-order valence-corrected chi connectivity index (χ4v) is 3.96. The number of rotatable bonds is 5. The number of nitrogens with zero attached hydrogens (tertiary/aromatic N) is 1. The Morgan fingerprint density at radius 3 is 2.50 bits per heavy atom. The third-order valence-electron chi connectivity index (χ3n) is 4.15. The first-order chi connectivity index (χ1) is 11.5. The predicted molar refractivity (Wildman–Crippen MR) is 93.2 cm³/mol. The van der Waals surface area contributed by atoms with E-state index in [-0.39, 0.29) is 17.3 Å². The maximum atomic E-state index is 12.5. The Bertz CT molecular complexity index is 848. The Balaban J connectivity index is 1.78. The summed E-state index contributed by atoms with van der Waals surface area (Å²) >= 11 is 0. The van der Waals surface area contributed by atoms with Gasteiger partial charge in [-0.15, -0.1) is 0 Å². The van der Waals surface area contributed by atoms with Gasteiger partial charge in [0.2, 0.25) is 15.9 Å². The average Bonchev–Trinajstić information content (AvgIpc) is 3.00. The maximum Gasteiger partial charge on any atom is 0.240 e. The normalized spacial score (nSPS) is 15.0. The lowest BCUT2D eigenvalue weighted by atomic mass is 10.2. The minimum atomic E-state index is -3.59. The molecule has 1 fully saturated rings. The van der Waals surface area contributed by atoms with Crippen molar-refractivity contribution in [2.75, 3.05) is 11.4 Å². The number of nitrogens with one attached hydrogen (secondary N) is 1. The van der Waals surface area contributed by atoms with Gasteiger partial charge in [-0.25, -0.2) is 13.1 Å². The summed E-state index contributed by atoms with van der Waals surface area (Å²) in [6, 6.07) is 14.3. The standard InChI is InChI=1S/C18H20N2O3S/c1-14-12-16(9-10-17(14)20-11-5-8-18(20)21)24(22,23)19-13-15-6-3-2-4-7-15/h2-4,6-7,9-10,12,19H,5,8,11,13H2,1H3. The molecule has 0 radical (unpaired) electrons. The highest BCUT2D eigenvalue weighted by atomic mass is 32.2. The Morgan fingerprint density at radius 1 is 1.12 bits per heavy atom. The van der Waals surface area contributed by atoms with Crippen LogP contribution in [0.3, 0.4) is 0 Å². The van der Waals surface area contributed by atoms with Gasteiger partial charge in [0.05, 0.1) is 4.90 Å². The van der Waals surface area contributed by atoms with Crippen molar-refractivity contribution in [2.45, 2.75) is 31.2 Å². The van der Waals surface area contributed by atoms with Crippen LogP contribution in [0.1, 0.15) is 24.0 Å². The minimum absolute atomic E-state index is 0.0934. The van der Waals surface area contributed by atoms with Crippen LogP contribution in [-0.4, -0.2) is 20.9 Å². The smallest absolute Gasteiger partial charge is 0.240 e. The number of benzene rings is 2. The molecular weight excluding hydrogens is 324 g/mol. The molecule has 24 heavy (non-hydrogen) atoms. The summed E-state index contributed by atoms with van der Waals surface area (Å²) in [5.74, 6) is 0.0934. The zero-order chi connectivity index (χ0) is 17.2. The first-order valence-corrected chi connectivity index (χ1v) is 9.40. The average molecular weight is 344 g/mol. The van der Waals surface area contributed by atoms with E-state index in [2.05, 4.69) is 4.72 Å². The van der Waals surface area contributed by atoms with Gasteiger partial charge in [-0.3, -0.25) is 4.79 Å². The molecular formula is C18H20N2O3S. The highest BCUT2D eigenvalue weighted by Crippen LogP contribution is 2.27. The lowest BCUT2D eigenvalue weighted by Gasteiger charge is -2.19. The molecule has 0 spiro atoms. The highest BCUT2D eigenvalue weighted by molar-refractivity contribution is 7.89. The van der Waals surface area contributed by atoms with Crippen molar-refractivity contribution in [3.8, 4) is 0 Å². The molecule has 2 aromatic carbocycles. The Kier molecular flexibility index (Phi) is 4.69. The Labute approximate surface area is 142 Å². The summed E-state index contributed by atoms with van der Waals surface area (Å²) < 4.78 is 27.5. The van der Waals surface area contributed by atoms with Gasteiger partial charge in [-0.1, -0.05) is 30.3 Å². The first-order valence-electron chi connectivity index (χ1n) is 7.92. The van der Waals surface area contributed by atoms with Gasteiger partial charge in [-0.2, -0.15) is 0 Å². The van der Waals surface area contributed by atoms with Gasteiger partial charge >= 0.3 is 0 Å². The number of sulfonamides is 1. The topological polar surface area (TPSA) is 66.5 Å². The summed E-state index contributed by atoms with van der Waals surface area (Å²) in [6.45, 7) is 2.77. The molecule has 5 nitrogen and oxygen atoms in total. The van der Waals surface area contributed by atoms with Gasteiger partial charge in [0.1, 0.15) is 0 Å². The van der Waals surface area contributed by atoms with E-state index in [1.54, 1.807) is 23.1 Å². The minimum Gasteiger partial charge on any atom is -0.312 e. The van der Waals surface area contributed by atoms with Gasteiger partial charge in [0.25, 0.3) is 0 Å². The molecule has 126 valence electrons. The zero-order valence-corrected chi connectivity index (χ0v) is 14.3. The van der Waals surface area contributed by atoms with Crippen molar-refractivity contribution >= 4 is 21.6 Å². The largest absolute Gasteiger partial charge is 0.312 e. The van der Waals surface area contributed by atoms with E-state index in [0.717, 1.165) is 23.2 Å². The van der Waals surface area contributed by atoms with Crippen LogP contribution in [-0.2, 0) is 21.4 Å². The number of hydrogen-bond acceptors (Lipinski definition) is 3. The van der Waals surface area contributed by atoms with Crippen LogP contribution in [0.5, 0.6) is 0 Å². The van der Waals surface area contributed by atoms with Crippen molar-refractivity contribution in [1.29, 1.82) is 0 Å². The van der Waals surface area contributed by atoms with E-state index < -0.39 is 10.0 Å². The second kappa shape index (κ2) is 6.75. The summed E-state index contributed by atoms with van der Waals surface area (Å²) in [5, 5.41) is 0. The lowest BCUT2D eigenvalue weighted by molar-refractivity contribution is -0.117. The highest BCUT2D eigenvalue weighted by Gasteiger charge is 2.24. The van der Waals surface area contributed by atoms with Gasteiger partial charge in [0, 0.05) is 25.2 Å². The molecule has 2 aromatic rings. The van der Waals surface area contributed by atoms with Crippen LogP contribution in [0.25, 0.3) is 0 Å². The van der Waals surface area contributed by atoms with Crippen LogP contribution in [0.2, 0.25) is 0 Å². The maximum absolute atomic E-state index is 12.5. The molecule has 1 N–H and O–H groups in total. The molecule has 0 bridgehead atoms. The quantitative estimate of drug-likeness (QED) is 0.907. The third-order valence-corrected chi connectivity index (χ3v) is 5.55. The second-order valence-corrected chi connectivity index (χ2v) is 7.67. The Hall–Kier alpha value is -2.18. The van der Waals surface area contributed by atoms with Gasteiger partial charge in [-0.05, 0) is 42.7 Å².